The molecule has 0 bridgehead atoms. The summed E-state index contributed by atoms with van der Waals surface area (Å²) in [4.78, 5) is 2.50. The lowest BCUT2D eigenvalue weighted by atomic mass is 10.1. The Labute approximate surface area is 147 Å². The number of nitrogens with zero attached hydrogens (tertiary/aromatic N) is 4. The van der Waals surface area contributed by atoms with Crippen molar-refractivity contribution in [2.24, 2.45) is 0 Å². The van der Waals surface area contributed by atoms with Crippen LogP contribution in [0.15, 0.2) is 12.1 Å². The molecule has 0 spiro atoms. The molecule has 0 saturated carbocycles. The quantitative estimate of drug-likeness (QED) is 0.931. The zero-order chi connectivity index (χ0) is 17.9. The zero-order valence-electron chi connectivity index (χ0n) is 16.4. The average molecular weight is 334 g/mol. The van der Waals surface area contributed by atoms with Crippen LogP contribution in [0.25, 0.3) is 5.65 Å². The van der Waals surface area contributed by atoms with Crippen LogP contribution >= 0.6 is 0 Å². The Balaban J connectivity index is 0.000000671. The topological polar surface area (TPSA) is 45.5 Å². The van der Waals surface area contributed by atoms with Crippen LogP contribution in [0.3, 0.4) is 0 Å². The molecule has 3 heterocycles. The third-order valence-electron chi connectivity index (χ3n) is 3.93. The van der Waals surface area contributed by atoms with Gasteiger partial charge in [0, 0.05) is 38.4 Å². The van der Waals surface area contributed by atoms with Crippen molar-refractivity contribution in [2.75, 3.05) is 26.2 Å². The molecule has 0 unspecified atom stereocenters. The molecule has 1 N–H and O–H groups in total. The first-order valence-corrected chi connectivity index (χ1v) is 9.54. The van der Waals surface area contributed by atoms with Gasteiger partial charge in [-0.25, -0.2) is 0 Å². The van der Waals surface area contributed by atoms with Crippen molar-refractivity contribution in [2.45, 2.75) is 60.9 Å². The molecule has 0 aromatic carbocycles. The van der Waals surface area contributed by atoms with Crippen LogP contribution in [0.5, 0.6) is 0 Å². The van der Waals surface area contributed by atoms with E-state index in [9.17, 15) is 0 Å². The number of pyridine rings is 1. The molecule has 1 fully saturated rings. The summed E-state index contributed by atoms with van der Waals surface area (Å²) in [5, 5.41) is 11.9. The standard InChI is InChI=1S/C15H23N5.2C2H6/c1-3-4-14-9-13(11-19-7-5-16-6-8-19)10-15-18-17-12(2)20(14)15;2*1-2/h9-10,16H,3-8,11H2,1-2H3;2*1-2H3. The van der Waals surface area contributed by atoms with Crippen LogP contribution in [0.4, 0.5) is 0 Å². The van der Waals surface area contributed by atoms with E-state index < -0.39 is 0 Å². The predicted octanol–water partition coefficient (Wildman–Crippen LogP) is 3.45. The van der Waals surface area contributed by atoms with E-state index in [2.05, 4.69) is 43.9 Å². The molecule has 5 nitrogen and oxygen atoms in total. The molecule has 0 atom stereocenters. The largest absolute Gasteiger partial charge is 0.314 e. The first kappa shape index (κ1) is 20.6. The van der Waals surface area contributed by atoms with Crippen molar-refractivity contribution < 1.29 is 0 Å². The van der Waals surface area contributed by atoms with Crippen LogP contribution in [-0.2, 0) is 13.0 Å². The fourth-order valence-electron chi connectivity index (χ4n) is 2.97. The van der Waals surface area contributed by atoms with Gasteiger partial charge in [-0.3, -0.25) is 9.30 Å². The van der Waals surface area contributed by atoms with Gasteiger partial charge in [0.2, 0.25) is 0 Å². The van der Waals surface area contributed by atoms with Crippen LogP contribution < -0.4 is 5.32 Å². The summed E-state index contributed by atoms with van der Waals surface area (Å²) >= 11 is 0. The highest BCUT2D eigenvalue weighted by molar-refractivity contribution is 5.44. The summed E-state index contributed by atoms with van der Waals surface area (Å²) in [7, 11) is 0. The Hall–Kier alpha value is -1.46. The summed E-state index contributed by atoms with van der Waals surface area (Å²) in [6.45, 7) is 17.7. The van der Waals surface area contributed by atoms with Gasteiger partial charge in [0.25, 0.3) is 0 Å². The number of piperazine rings is 1. The van der Waals surface area contributed by atoms with Gasteiger partial charge in [0.15, 0.2) is 5.65 Å². The van der Waals surface area contributed by atoms with Crippen molar-refractivity contribution in [1.82, 2.24) is 24.8 Å². The van der Waals surface area contributed by atoms with Gasteiger partial charge in [-0.05, 0) is 31.0 Å². The number of hydrogen-bond acceptors (Lipinski definition) is 4. The highest BCUT2D eigenvalue weighted by Gasteiger charge is 2.13. The fourth-order valence-corrected chi connectivity index (χ4v) is 2.97. The van der Waals surface area contributed by atoms with E-state index >= 15 is 0 Å². The fraction of sp³-hybridized carbons (Fsp3) is 0.684. The highest BCUT2D eigenvalue weighted by Crippen LogP contribution is 2.16. The second-order valence-electron chi connectivity index (χ2n) is 5.57. The summed E-state index contributed by atoms with van der Waals surface area (Å²) < 4.78 is 2.19. The van der Waals surface area contributed by atoms with Crippen LogP contribution in [0.1, 0.15) is 58.1 Å². The predicted molar refractivity (Wildman–Crippen MR) is 103 cm³/mol. The molecule has 0 radical (unpaired) electrons. The van der Waals surface area contributed by atoms with Crippen molar-refractivity contribution in [3.05, 3.63) is 29.2 Å². The molecule has 1 aliphatic rings. The Kier molecular flexibility index (Phi) is 9.57. The molecule has 1 aliphatic heterocycles. The third-order valence-corrected chi connectivity index (χ3v) is 3.93. The van der Waals surface area contributed by atoms with Gasteiger partial charge in [0.05, 0.1) is 0 Å². The maximum atomic E-state index is 4.30. The minimum absolute atomic E-state index is 0.983. The monoisotopic (exact) mass is 333 g/mol. The smallest absolute Gasteiger partial charge is 0.161 e. The maximum Gasteiger partial charge on any atom is 0.161 e. The molecule has 2 aromatic rings. The van der Waals surface area contributed by atoms with Gasteiger partial charge in [-0.15, -0.1) is 10.2 Å². The van der Waals surface area contributed by atoms with Crippen molar-refractivity contribution in [1.29, 1.82) is 0 Å². The first-order valence-electron chi connectivity index (χ1n) is 9.54. The summed E-state index contributed by atoms with van der Waals surface area (Å²) in [5.74, 6) is 0.983. The number of nitrogens with one attached hydrogen (secondary N) is 1. The minimum Gasteiger partial charge on any atom is -0.314 e. The molecule has 2 aromatic heterocycles. The van der Waals surface area contributed by atoms with E-state index in [-0.39, 0.29) is 0 Å². The average Bonchev–Trinajstić information content (AvgIpc) is 3.01. The van der Waals surface area contributed by atoms with Crippen LogP contribution in [0.2, 0.25) is 0 Å². The van der Waals surface area contributed by atoms with Gasteiger partial charge in [0.1, 0.15) is 5.82 Å². The van der Waals surface area contributed by atoms with E-state index in [4.69, 9.17) is 0 Å². The lowest BCUT2D eigenvalue weighted by Gasteiger charge is -2.27. The Morgan fingerprint density at radius 1 is 1.04 bits per heavy atom. The van der Waals surface area contributed by atoms with E-state index in [1.54, 1.807) is 0 Å². The van der Waals surface area contributed by atoms with Gasteiger partial charge in [-0.1, -0.05) is 41.0 Å². The normalized spacial score (nSPS) is 14.6. The molecule has 0 aliphatic carbocycles. The number of fused-ring (bicyclic) bond motifs is 1. The molecule has 24 heavy (non-hydrogen) atoms. The van der Waals surface area contributed by atoms with Gasteiger partial charge >= 0.3 is 0 Å². The number of hydrogen-bond donors (Lipinski definition) is 1. The molecular weight excluding hydrogens is 298 g/mol. The molecule has 0 amide bonds. The SMILES string of the molecule is CC.CC.CCCc1cc(CN2CCNCC2)cc2nnc(C)n12. The van der Waals surface area contributed by atoms with Gasteiger partial charge in [-0.2, -0.15) is 0 Å². The zero-order valence-corrected chi connectivity index (χ0v) is 16.4. The summed E-state index contributed by atoms with van der Waals surface area (Å²) in [6, 6.07) is 4.51. The highest BCUT2D eigenvalue weighted by atomic mass is 15.2. The Bertz CT molecular complexity index is 585. The molecular formula is C19H35N5. The van der Waals surface area contributed by atoms with Crippen molar-refractivity contribution in [3.8, 4) is 0 Å². The second kappa shape index (κ2) is 11.2. The molecule has 5 heteroatoms. The molecule has 1 saturated heterocycles. The lowest BCUT2D eigenvalue weighted by molar-refractivity contribution is 0.233. The number of rotatable bonds is 4. The Morgan fingerprint density at radius 2 is 1.71 bits per heavy atom. The minimum atomic E-state index is 0.983. The first-order chi connectivity index (χ1) is 11.8. The van der Waals surface area contributed by atoms with Crippen molar-refractivity contribution in [3.63, 3.8) is 0 Å². The van der Waals surface area contributed by atoms with E-state index in [0.29, 0.717) is 0 Å². The van der Waals surface area contributed by atoms with E-state index in [1.165, 1.54) is 11.3 Å². The Morgan fingerprint density at radius 3 is 2.33 bits per heavy atom. The molecule has 3 rings (SSSR count). The number of aromatic nitrogens is 3. The van der Waals surface area contributed by atoms with Gasteiger partial charge < -0.3 is 5.32 Å². The molecule has 136 valence electrons. The third kappa shape index (κ3) is 5.28. The van der Waals surface area contributed by atoms with Crippen LogP contribution in [-0.4, -0.2) is 45.7 Å². The lowest BCUT2D eigenvalue weighted by Crippen LogP contribution is -2.42. The number of aryl methyl sites for hydroxylation is 2. The summed E-state index contributed by atoms with van der Waals surface area (Å²) in [5.41, 5.74) is 3.67. The summed E-state index contributed by atoms with van der Waals surface area (Å²) in [6.07, 6.45) is 2.22. The van der Waals surface area contributed by atoms with E-state index in [1.807, 2.05) is 34.6 Å². The van der Waals surface area contributed by atoms with E-state index in [0.717, 1.165) is 57.0 Å². The van der Waals surface area contributed by atoms with Crippen molar-refractivity contribution >= 4 is 5.65 Å². The van der Waals surface area contributed by atoms with Crippen LogP contribution in [0, 0.1) is 6.92 Å². The second-order valence-corrected chi connectivity index (χ2v) is 5.57. The maximum absolute atomic E-state index is 4.30.